The van der Waals surface area contributed by atoms with E-state index in [1.54, 1.807) is 13.8 Å². The predicted octanol–water partition coefficient (Wildman–Crippen LogP) is -0.965. The van der Waals surface area contributed by atoms with E-state index in [1.165, 1.54) is 40.2 Å². The Bertz CT molecular complexity index is 2510. The molecule has 1 aromatic carbocycles. The van der Waals surface area contributed by atoms with Gasteiger partial charge in [-0.25, -0.2) is 0 Å². The number of benzene rings is 1. The Balaban J connectivity index is 1.54. The number of hydrogen-bond acceptors (Lipinski definition) is 18. The van der Waals surface area contributed by atoms with E-state index < -0.39 is 132 Å². The third-order valence-corrected chi connectivity index (χ3v) is 16.7. The zero-order valence-electron chi connectivity index (χ0n) is 48.1. The van der Waals surface area contributed by atoms with Crippen molar-refractivity contribution in [3.63, 3.8) is 0 Å². The largest absolute Gasteiger partial charge is 0.494 e. The van der Waals surface area contributed by atoms with E-state index in [4.69, 9.17) is 21.0 Å². The fraction of sp³-hybridized carbons (Fsp3) is 0.673. The monoisotopic (exact) mass is 1220 g/mol. The SMILES string of the molecule is CC(C)C[C@@H]1NC(=O)[C@@H]2CCCN2C(=O)[C@@H]2CSCc3cc(cc(c3)OCCCCCCO/N=C/C(=O)N[C@@H](CCCCN)C(=O)N2)CSC[C@@H](C(N)=O)NC(=O)[C@H](CCO)NC(=O)[C@@H]2CCCN2C(=O)[C@H](C)NC(=O)[C@H](CC(=O)O)NC1=O. The maximum Gasteiger partial charge on any atom is 0.305 e. The Kier molecular flexibility index (Phi) is 28.3. The van der Waals surface area contributed by atoms with Gasteiger partial charge in [0.15, 0.2) is 0 Å². The lowest BCUT2D eigenvalue weighted by atomic mass is 10.0. The van der Waals surface area contributed by atoms with Crippen LogP contribution in [0.5, 0.6) is 5.75 Å². The van der Waals surface area contributed by atoms with E-state index in [0.29, 0.717) is 63.2 Å². The molecule has 2 saturated heterocycles. The topological polar surface area (TPSA) is 402 Å². The highest BCUT2D eigenvalue weighted by molar-refractivity contribution is 7.98. The number of carbonyl (C=O) groups excluding carboxylic acids is 10. The van der Waals surface area contributed by atoms with Crippen LogP contribution in [-0.2, 0) is 69.1 Å². The van der Waals surface area contributed by atoms with E-state index >= 15 is 0 Å². The van der Waals surface area contributed by atoms with Crippen LogP contribution in [0.15, 0.2) is 23.4 Å². The van der Waals surface area contributed by atoms with Gasteiger partial charge in [-0.1, -0.05) is 25.1 Å². The van der Waals surface area contributed by atoms with Crippen LogP contribution in [0.2, 0.25) is 0 Å². The number of unbranched alkanes of at least 4 members (excludes halogenated alkanes) is 1. The fourth-order valence-corrected chi connectivity index (χ4v) is 12.1. The smallest absolute Gasteiger partial charge is 0.305 e. The first-order valence-electron chi connectivity index (χ1n) is 28.8. The van der Waals surface area contributed by atoms with Crippen LogP contribution < -0.4 is 53.4 Å². The Morgan fingerprint density at radius 2 is 1.25 bits per heavy atom. The summed E-state index contributed by atoms with van der Waals surface area (Å²) in [6.07, 6.45) is 4.82. The van der Waals surface area contributed by atoms with Gasteiger partial charge in [0.05, 0.1) is 13.0 Å². The van der Waals surface area contributed by atoms with Crippen LogP contribution in [0.25, 0.3) is 0 Å². The van der Waals surface area contributed by atoms with Gasteiger partial charge in [-0.05, 0) is 126 Å². The van der Waals surface area contributed by atoms with Crippen molar-refractivity contribution in [2.24, 2.45) is 22.5 Å². The maximum atomic E-state index is 15.0. The van der Waals surface area contributed by atoms with Gasteiger partial charge in [-0.2, -0.15) is 23.5 Å². The average Bonchev–Trinajstić information content (AvgIpc) is 4.16. The molecule has 0 radical (unpaired) electrons. The zero-order chi connectivity index (χ0) is 61.3. The van der Waals surface area contributed by atoms with Crippen molar-refractivity contribution in [3.05, 3.63) is 29.3 Å². The minimum atomic E-state index is -1.77. The van der Waals surface area contributed by atoms with E-state index in [9.17, 15) is 63.0 Å². The van der Waals surface area contributed by atoms with Crippen molar-refractivity contribution < 1.29 is 72.5 Å². The lowest BCUT2D eigenvalue weighted by molar-refractivity contribution is -0.144. The Hall–Kier alpha value is -6.72. The van der Waals surface area contributed by atoms with E-state index in [1.807, 2.05) is 18.2 Å². The number of fused-ring (bicyclic) bond motifs is 7. The number of rotatable bonds is 11. The van der Waals surface area contributed by atoms with Gasteiger partial charge in [0, 0.05) is 42.7 Å². The molecule has 0 saturated carbocycles. The summed E-state index contributed by atoms with van der Waals surface area (Å²) in [7, 11) is 0. The highest BCUT2D eigenvalue weighted by atomic mass is 32.2. The molecule has 0 unspecified atom stereocenters. The first kappa shape index (κ1) is 68.1. The minimum Gasteiger partial charge on any atom is -0.494 e. The highest BCUT2D eigenvalue weighted by Crippen LogP contribution is 2.27. The molecule has 84 heavy (non-hydrogen) atoms. The summed E-state index contributed by atoms with van der Waals surface area (Å²) in [5.41, 5.74) is 13.1. The third kappa shape index (κ3) is 21.7. The number of carboxylic acid groups (broad SMARTS) is 1. The third-order valence-electron chi connectivity index (χ3n) is 14.4. The summed E-state index contributed by atoms with van der Waals surface area (Å²) in [4.78, 5) is 159. The summed E-state index contributed by atoms with van der Waals surface area (Å²) in [5, 5.41) is 42.0. The number of hydrogen-bond donors (Lipinski definition) is 11. The van der Waals surface area contributed by atoms with Crippen LogP contribution in [-0.4, -0.2) is 197 Å². The molecule has 10 amide bonds. The van der Waals surface area contributed by atoms with Crippen LogP contribution in [0, 0.1) is 5.92 Å². The molecule has 4 heterocycles. The molecule has 27 nitrogen and oxygen atoms in total. The van der Waals surface area contributed by atoms with Crippen molar-refractivity contribution in [1.82, 2.24) is 47.0 Å². The van der Waals surface area contributed by atoms with Crippen molar-refractivity contribution in [3.8, 4) is 5.75 Å². The fourth-order valence-electron chi connectivity index (χ4n) is 10.1. The molecule has 29 heteroatoms. The van der Waals surface area contributed by atoms with Crippen LogP contribution in [0.1, 0.15) is 122 Å². The molecular formula is C55H84N12O15S2. The van der Waals surface area contributed by atoms with Crippen molar-refractivity contribution >= 4 is 94.8 Å². The van der Waals surface area contributed by atoms with Crippen LogP contribution >= 0.6 is 23.5 Å². The second-order valence-electron chi connectivity index (χ2n) is 21.7. The van der Waals surface area contributed by atoms with Crippen LogP contribution in [0.3, 0.4) is 0 Å². The normalized spacial score (nSPS) is 27.2. The van der Waals surface area contributed by atoms with Gasteiger partial charge in [-0.3, -0.25) is 52.7 Å². The molecule has 0 spiro atoms. The molecule has 4 aliphatic rings. The standard InChI is InChI=1S/C55H84N12O15S2/c1-32(2)22-39-51(76)62-40(26-46(70)71)50(75)59-33(3)54(79)66-17-10-13-43(66)52(77)61-38(15-19-68)49(74)64-41(47(57)72)30-83-28-34-23-35-25-36(24-34)81-20-8-4-5-9-21-82-58-27-45(69)60-37(12-6-7-16-56)48(73)65-42(31-84-29-35)55(80)67-18-11-14-44(67)53(78)63-39/h23-25,27,32-33,37-44,68H,4-22,26,28-31,56H2,1-3H3,(H2,57,72)(H,59,75)(H,60,69)(H,61,77)(H,62,76)(H,63,78)(H,64,74)(H,65,73)(H,70,71)/b58-27+/t33-,37-,38-,39-,40-,41-,42-,43-,44-/m0/s1. The number of primary amides is 1. The number of thioether (sulfide) groups is 2. The van der Waals surface area contributed by atoms with Gasteiger partial charge in [0.2, 0.25) is 53.2 Å². The molecule has 13 N–H and O–H groups in total. The van der Waals surface area contributed by atoms with Gasteiger partial charge < -0.3 is 78.3 Å². The predicted molar refractivity (Wildman–Crippen MR) is 311 cm³/mol. The van der Waals surface area contributed by atoms with Crippen molar-refractivity contribution in [2.45, 2.75) is 177 Å². The van der Waals surface area contributed by atoms with Gasteiger partial charge >= 0.3 is 5.97 Å². The highest BCUT2D eigenvalue weighted by Gasteiger charge is 2.42. The summed E-state index contributed by atoms with van der Waals surface area (Å²) >= 11 is 2.57. The number of aliphatic hydroxyl groups is 1. The number of amides is 10. The molecular weight excluding hydrogens is 1130 g/mol. The summed E-state index contributed by atoms with van der Waals surface area (Å²) in [6.45, 7) is 5.38. The first-order valence-corrected chi connectivity index (χ1v) is 31.1. The average molecular weight is 1220 g/mol. The number of carboxylic acids is 1. The van der Waals surface area contributed by atoms with Gasteiger partial charge in [-0.15, -0.1) is 0 Å². The van der Waals surface area contributed by atoms with Crippen LogP contribution in [0.4, 0.5) is 0 Å². The Morgan fingerprint density at radius 1 is 0.679 bits per heavy atom. The Labute approximate surface area is 497 Å². The molecule has 0 aromatic heterocycles. The maximum absolute atomic E-state index is 15.0. The zero-order valence-corrected chi connectivity index (χ0v) is 49.7. The quantitative estimate of drug-likeness (QED) is 0.119. The number of aliphatic carboxylic acids is 1. The lowest BCUT2D eigenvalue weighted by Gasteiger charge is -2.31. The molecule has 5 rings (SSSR count). The molecule has 1 aromatic rings. The number of ether oxygens (including phenoxy) is 1. The van der Waals surface area contributed by atoms with Crippen molar-refractivity contribution in [2.75, 3.05) is 51.0 Å². The molecule has 0 aliphatic carbocycles. The van der Waals surface area contributed by atoms with Crippen molar-refractivity contribution in [1.29, 1.82) is 0 Å². The lowest BCUT2D eigenvalue weighted by Crippen LogP contribution is -2.60. The number of nitrogens with two attached hydrogens (primary N) is 2. The molecule has 4 aliphatic heterocycles. The van der Waals surface area contributed by atoms with E-state index in [0.717, 1.165) is 30.2 Å². The van der Waals surface area contributed by atoms with Gasteiger partial charge in [0.1, 0.15) is 72.9 Å². The number of oxime groups is 1. The van der Waals surface area contributed by atoms with Gasteiger partial charge in [0.25, 0.3) is 5.91 Å². The molecule has 9 atom stereocenters. The summed E-state index contributed by atoms with van der Waals surface area (Å²) in [6, 6.07) is -6.19. The number of nitrogens with one attached hydrogen (secondary N) is 7. The van der Waals surface area contributed by atoms with E-state index in [2.05, 4.69) is 42.4 Å². The number of carbonyl (C=O) groups is 11. The Morgan fingerprint density at radius 3 is 1.87 bits per heavy atom. The first-order chi connectivity index (χ1) is 40.2. The number of nitrogens with zero attached hydrogens (tertiary/aromatic N) is 3. The second-order valence-corrected chi connectivity index (χ2v) is 23.8. The second kappa shape index (κ2) is 34.9. The van der Waals surface area contributed by atoms with E-state index in [-0.39, 0.29) is 75.0 Å². The number of aliphatic hydroxyl groups excluding tert-OH is 1. The summed E-state index contributed by atoms with van der Waals surface area (Å²) in [5.74, 6) is -8.59. The summed E-state index contributed by atoms with van der Waals surface area (Å²) < 4.78 is 6.26. The molecule has 4 bridgehead atoms. The molecule has 466 valence electrons. The molecule has 2 fully saturated rings. The minimum absolute atomic E-state index is 0.00948.